The summed E-state index contributed by atoms with van der Waals surface area (Å²) in [5.41, 5.74) is -1.00. The van der Waals surface area contributed by atoms with Gasteiger partial charge in [0.1, 0.15) is 11.0 Å². The third-order valence-corrected chi connectivity index (χ3v) is 6.35. The van der Waals surface area contributed by atoms with Crippen molar-refractivity contribution in [3.05, 3.63) is 70.4 Å². The van der Waals surface area contributed by atoms with E-state index < -0.39 is 34.9 Å². The summed E-state index contributed by atoms with van der Waals surface area (Å²) in [6.45, 7) is 6.43. The van der Waals surface area contributed by atoms with Crippen LogP contribution in [0.4, 0.5) is 16.2 Å². The van der Waals surface area contributed by atoms with Gasteiger partial charge in [-0.3, -0.25) is 14.5 Å². The standard InChI is InChI=1S/C26H25ClN2O6/c1-15(30)29-21-11-7-6-9-17(21)26(23(29)32)13-16-19(27)10-8-12-20(16)28(14-18(26)22(31)34-5)24(33)35-25(2,3)4/h6-12,14H,13H2,1-5H3. The van der Waals surface area contributed by atoms with E-state index in [4.69, 9.17) is 21.1 Å². The van der Waals surface area contributed by atoms with Crippen LogP contribution < -0.4 is 9.80 Å². The first-order valence-corrected chi connectivity index (χ1v) is 11.3. The number of methoxy groups -OCH3 is 1. The van der Waals surface area contributed by atoms with Gasteiger partial charge in [-0.1, -0.05) is 35.9 Å². The van der Waals surface area contributed by atoms with Crippen LogP contribution in [0.2, 0.25) is 5.02 Å². The Kier molecular flexibility index (Phi) is 5.97. The number of hydrogen-bond acceptors (Lipinski definition) is 6. The summed E-state index contributed by atoms with van der Waals surface area (Å²) >= 11 is 6.60. The quantitative estimate of drug-likeness (QED) is 0.539. The summed E-state index contributed by atoms with van der Waals surface area (Å²) in [4.78, 5) is 55.4. The summed E-state index contributed by atoms with van der Waals surface area (Å²) < 4.78 is 10.7. The molecule has 2 aliphatic heterocycles. The van der Waals surface area contributed by atoms with Crippen LogP contribution in [-0.4, -0.2) is 36.6 Å². The van der Waals surface area contributed by atoms with E-state index in [1.54, 1.807) is 63.2 Å². The molecule has 2 aliphatic rings. The maximum atomic E-state index is 14.1. The average Bonchev–Trinajstić information content (AvgIpc) is 2.92. The number of nitrogens with zero attached hydrogens (tertiary/aromatic N) is 2. The molecule has 4 rings (SSSR count). The number of amides is 3. The van der Waals surface area contributed by atoms with Gasteiger partial charge in [0.25, 0.3) is 0 Å². The molecule has 0 saturated heterocycles. The van der Waals surface area contributed by atoms with E-state index in [-0.39, 0.29) is 12.0 Å². The van der Waals surface area contributed by atoms with Crippen molar-refractivity contribution in [3.63, 3.8) is 0 Å². The highest BCUT2D eigenvalue weighted by molar-refractivity contribution is 6.32. The third kappa shape index (κ3) is 3.87. The van der Waals surface area contributed by atoms with Gasteiger partial charge >= 0.3 is 12.1 Å². The molecular weight excluding hydrogens is 472 g/mol. The third-order valence-electron chi connectivity index (χ3n) is 6.00. The van der Waals surface area contributed by atoms with Gasteiger partial charge in [0.2, 0.25) is 11.8 Å². The minimum Gasteiger partial charge on any atom is -0.466 e. The van der Waals surface area contributed by atoms with Crippen LogP contribution in [0.5, 0.6) is 0 Å². The number of halogens is 1. The lowest BCUT2D eigenvalue weighted by molar-refractivity contribution is -0.139. The Bertz CT molecular complexity index is 1290. The minimum absolute atomic E-state index is 0.0815. The normalized spacial score (nSPS) is 19.0. The predicted molar refractivity (Wildman–Crippen MR) is 130 cm³/mol. The van der Waals surface area contributed by atoms with E-state index >= 15 is 0 Å². The molecule has 182 valence electrons. The molecule has 0 bridgehead atoms. The second kappa shape index (κ2) is 8.53. The number of fused-ring (bicyclic) bond motifs is 3. The number of rotatable bonds is 1. The van der Waals surface area contributed by atoms with Gasteiger partial charge in [-0.15, -0.1) is 0 Å². The van der Waals surface area contributed by atoms with Crippen molar-refractivity contribution in [1.82, 2.24) is 0 Å². The molecule has 2 aromatic rings. The van der Waals surface area contributed by atoms with Gasteiger partial charge in [0, 0.05) is 18.1 Å². The molecule has 0 fully saturated rings. The Balaban J connectivity index is 2.08. The minimum atomic E-state index is -1.66. The van der Waals surface area contributed by atoms with Gasteiger partial charge < -0.3 is 9.47 Å². The molecule has 35 heavy (non-hydrogen) atoms. The Morgan fingerprint density at radius 1 is 1.03 bits per heavy atom. The van der Waals surface area contributed by atoms with Gasteiger partial charge in [0.05, 0.1) is 24.1 Å². The van der Waals surface area contributed by atoms with E-state index in [0.717, 1.165) is 4.90 Å². The second-order valence-electron chi connectivity index (χ2n) is 9.38. The number of carbonyl (C=O) groups is 4. The number of benzene rings is 2. The van der Waals surface area contributed by atoms with Crippen LogP contribution in [-0.2, 0) is 35.7 Å². The Labute approximate surface area is 208 Å². The highest BCUT2D eigenvalue weighted by Crippen LogP contribution is 2.52. The lowest BCUT2D eigenvalue weighted by Crippen LogP contribution is -2.47. The number of anilines is 2. The smallest absolute Gasteiger partial charge is 0.418 e. The zero-order valence-corrected chi connectivity index (χ0v) is 20.8. The molecule has 0 radical (unpaired) electrons. The predicted octanol–water partition coefficient (Wildman–Crippen LogP) is 4.53. The van der Waals surface area contributed by atoms with E-state index in [1.165, 1.54) is 25.1 Å². The summed E-state index contributed by atoms with van der Waals surface area (Å²) in [5, 5.41) is 0.293. The molecule has 2 aromatic carbocycles. The van der Waals surface area contributed by atoms with Crippen molar-refractivity contribution in [2.75, 3.05) is 16.9 Å². The fraction of sp³-hybridized carbons (Fsp3) is 0.308. The van der Waals surface area contributed by atoms with Crippen LogP contribution >= 0.6 is 11.6 Å². The van der Waals surface area contributed by atoms with Gasteiger partial charge in [-0.25, -0.2) is 14.5 Å². The molecule has 0 aliphatic carbocycles. The van der Waals surface area contributed by atoms with Crippen molar-refractivity contribution in [2.45, 2.75) is 45.1 Å². The number of esters is 1. The van der Waals surface area contributed by atoms with Crippen molar-refractivity contribution in [2.24, 2.45) is 0 Å². The molecular formula is C26H25ClN2O6. The fourth-order valence-corrected chi connectivity index (χ4v) is 4.84. The van der Waals surface area contributed by atoms with Gasteiger partial charge in [-0.2, -0.15) is 0 Å². The van der Waals surface area contributed by atoms with Crippen molar-refractivity contribution in [3.8, 4) is 0 Å². The topological polar surface area (TPSA) is 93.2 Å². The lowest BCUT2D eigenvalue weighted by Gasteiger charge is -2.29. The molecule has 9 heteroatoms. The number of para-hydroxylation sites is 1. The molecule has 1 spiro atoms. The SMILES string of the molecule is COC(=O)C1=CN(C(=O)OC(C)(C)C)c2cccc(Cl)c2CC12C(=O)N(C(C)=O)c1ccccc12. The zero-order chi connectivity index (χ0) is 25.7. The maximum Gasteiger partial charge on any atom is 0.418 e. The monoisotopic (exact) mass is 496 g/mol. The summed E-state index contributed by atoms with van der Waals surface area (Å²) in [7, 11) is 1.19. The Hall–Kier alpha value is -3.65. The van der Waals surface area contributed by atoms with Crippen molar-refractivity contribution in [1.29, 1.82) is 0 Å². The maximum absolute atomic E-state index is 14.1. The fourth-order valence-electron chi connectivity index (χ4n) is 4.60. The first-order chi connectivity index (χ1) is 16.4. The van der Waals surface area contributed by atoms with Crippen LogP contribution in [0, 0.1) is 0 Å². The number of carbonyl (C=O) groups excluding carboxylic acids is 4. The Morgan fingerprint density at radius 3 is 2.31 bits per heavy atom. The molecule has 8 nitrogen and oxygen atoms in total. The largest absolute Gasteiger partial charge is 0.466 e. The van der Waals surface area contributed by atoms with Crippen LogP contribution in [0.25, 0.3) is 0 Å². The van der Waals surface area contributed by atoms with Crippen LogP contribution in [0.15, 0.2) is 54.2 Å². The van der Waals surface area contributed by atoms with Crippen LogP contribution in [0.1, 0.15) is 38.8 Å². The van der Waals surface area contributed by atoms with Crippen molar-refractivity contribution < 1.29 is 28.7 Å². The summed E-state index contributed by atoms with van der Waals surface area (Å²) in [6, 6.07) is 11.7. The molecule has 2 heterocycles. The van der Waals surface area contributed by atoms with E-state index in [0.29, 0.717) is 27.5 Å². The summed E-state index contributed by atoms with van der Waals surface area (Å²) in [6.07, 6.45) is 0.420. The number of hydrogen-bond donors (Lipinski definition) is 0. The summed E-state index contributed by atoms with van der Waals surface area (Å²) in [5.74, 6) is -1.95. The highest BCUT2D eigenvalue weighted by atomic mass is 35.5. The molecule has 0 saturated carbocycles. The molecule has 0 N–H and O–H groups in total. The van der Waals surface area contributed by atoms with Crippen molar-refractivity contribution >= 4 is 46.9 Å². The lowest BCUT2D eigenvalue weighted by atomic mass is 9.71. The average molecular weight is 497 g/mol. The molecule has 1 atom stereocenters. The molecule has 1 unspecified atom stereocenters. The van der Waals surface area contributed by atoms with Gasteiger partial charge in [0.15, 0.2) is 0 Å². The van der Waals surface area contributed by atoms with E-state index in [1.807, 2.05) is 0 Å². The number of imide groups is 1. The van der Waals surface area contributed by atoms with Crippen LogP contribution in [0.3, 0.4) is 0 Å². The highest BCUT2D eigenvalue weighted by Gasteiger charge is 2.58. The molecule has 3 amide bonds. The second-order valence-corrected chi connectivity index (χ2v) is 9.79. The molecule has 0 aromatic heterocycles. The van der Waals surface area contributed by atoms with E-state index in [2.05, 4.69) is 0 Å². The zero-order valence-electron chi connectivity index (χ0n) is 20.0. The first kappa shape index (κ1) is 24.5. The first-order valence-electron chi connectivity index (χ1n) is 11.0. The van der Waals surface area contributed by atoms with E-state index in [9.17, 15) is 19.2 Å². The number of ether oxygens (including phenoxy) is 2. The Morgan fingerprint density at radius 2 is 1.69 bits per heavy atom. The van der Waals surface area contributed by atoms with Gasteiger partial charge in [-0.05, 0) is 56.5 Å².